The van der Waals surface area contributed by atoms with Gasteiger partial charge < -0.3 is 9.80 Å². The fraction of sp³-hybridized carbons (Fsp3) is 0.188. The molecular weight excluding hydrogens is 440 g/mol. The predicted octanol–water partition coefficient (Wildman–Crippen LogP) is 6.12. The number of benzene rings is 4. The summed E-state index contributed by atoms with van der Waals surface area (Å²) < 4.78 is 0. The minimum absolute atomic E-state index is 0.738. The Morgan fingerprint density at radius 2 is 0.917 bits per heavy atom. The molecule has 0 bridgehead atoms. The highest BCUT2D eigenvalue weighted by molar-refractivity contribution is 5.84. The van der Waals surface area contributed by atoms with Crippen molar-refractivity contribution in [3.05, 3.63) is 119 Å². The minimum Gasteiger partial charge on any atom is -0.378 e. The van der Waals surface area contributed by atoms with Gasteiger partial charge in [-0.15, -0.1) is 0 Å². The first-order chi connectivity index (χ1) is 17.4. The van der Waals surface area contributed by atoms with Crippen LogP contribution in [0.4, 0.5) is 11.4 Å². The molecule has 0 atom stereocenters. The molecule has 36 heavy (non-hydrogen) atoms. The highest BCUT2D eigenvalue weighted by Gasteiger charge is 2.61. The quantitative estimate of drug-likeness (QED) is 0.362. The molecule has 0 heterocycles. The lowest BCUT2D eigenvalue weighted by molar-refractivity contribution is 0.462. The van der Waals surface area contributed by atoms with E-state index in [9.17, 15) is 10.5 Å². The Hall–Kier alpha value is -4.54. The summed E-state index contributed by atoms with van der Waals surface area (Å²) in [6.45, 7) is 0. The Morgan fingerprint density at radius 3 is 1.33 bits per heavy atom. The van der Waals surface area contributed by atoms with Crippen molar-refractivity contribution in [1.82, 2.24) is 0 Å². The topological polar surface area (TPSA) is 54.1 Å². The molecule has 0 aromatic heterocycles. The molecule has 1 aliphatic carbocycles. The molecule has 5 rings (SSSR count). The number of nitriles is 2. The summed E-state index contributed by atoms with van der Waals surface area (Å²) in [5.41, 5.74) is 5.08. The average Bonchev–Trinajstić information content (AvgIpc) is 2.92. The standard InChI is InChI=1S/C32H28N4/c1-35(2)25-17-13-23(14-18-25)32(24-15-19-26(20-16-24)36(3)4)30-12-8-6-10-28(30)27-9-5-7-11-29(27)31(32,21-33)22-34/h5-20H,1-4H3. The van der Waals surface area contributed by atoms with Gasteiger partial charge in [-0.3, -0.25) is 0 Å². The molecule has 4 nitrogen and oxygen atoms in total. The van der Waals surface area contributed by atoms with Crippen LogP contribution in [0, 0.1) is 22.7 Å². The largest absolute Gasteiger partial charge is 0.378 e. The van der Waals surface area contributed by atoms with Gasteiger partial charge in [-0.05, 0) is 57.6 Å². The third-order valence-electron chi connectivity index (χ3n) is 7.48. The van der Waals surface area contributed by atoms with Gasteiger partial charge in [-0.2, -0.15) is 10.5 Å². The van der Waals surface area contributed by atoms with E-state index in [1.165, 1.54) is 0 Å². The number of anilines is 2. The fourth-order valence-corrected chi connectivity index (χ4v) is 5.74. The van der Waals surface area contributed by atoms with E-state index in [2.05, 4.69) is 72.8 Å². The van der Waals surface area contributed by atoms with E-state index < -0.39 is 10.8 Å². The lowest BCUT2D eigenvalue weighted by Crippen LogP contribution is -2.52. The Morgan fingerprint density at radius 1 is 0.528 bits per heavy atom. The third-order valence-corrected chi connectivity index (χ3v) is 7.48. The van der Waals surface area contributed by atoms with Gasteiger partial charge in [0.1, 0.15) is 0 Å². The van der Waals surface area contributed by atoms with E-state index >= 15 is 0 Å². The summed E-state index contributed by atoms with van der Waals surface area (Å²) in [4.78, 5) is 4.10. The van der Waals surface area contributed by atoms with Gasteiger partial charge >= 0.3 is 0 Å². The summed E-state index contributed by atoms with van der Waals surface area (Å²) in [5.74, 6) is 0. The Kier molecular flexibility index (Phi) is 5.54. The summed E-state index contributed by atoms with van der Waals surface area (Å²) in [7, 11) is 8.02. The maximum absolute atomic E-state index is 11.0. The van der Waals surface area contributed by atoms with Gasteiger partial charge in [0.2, 0.25) is 0 Å². The Bertz CT molecular complexity index is 1430. The van der Waals surface area contributed by atoms with E-state index in [1.807, 2.05) is 74.4 Å². The van der Waals surface area contributed by atoms with Gasteiger partial charge in [-0.25, -0.2) is 0 Å². The van der Waals surface area contributed by atoms with E-state index in [0.717, 1.165) is 44.8 Å². The molecule has 0 fully saturated rings. The highest BCUT2D eigenvalue weighted by Crippen LogP contribution is 2.60. The lowest BCUT2D eigenvalue weighted by atomic mass is 9.48. The van der Waals surface area contributed by atoms with Crippen LogP contribution < -0.4 is 9.80 Å². The zero-order chi connectivity index (χ0) is 25.5. The maximum Gasteiger partial charge on any atom is 0.186 e. The van der Waals surface area contributed by atoms with Crippen molar-refractivity contribution in [2.45, 2.75) is 10.8 Å². The summed E-state index contributed by atoms with van der Waals surface area (Å²) in [5, 5.41) is 21.9. The number of hydrogen-bond donors (Lipinski definition) is 0. The molecule has 0 amide bonds. The molecule has 1 aliphatic rings. The molecular formula is C32H28N4. The van der Waals surface area contributed by atoms with Crippen LogP contribution in [-0.2, 0) is 10.8 Å². The second-order valence-corrected chi connectivity index (χ2v) is 9.70. The molecule has 0 radical (unpaired) electrons. The third kappa shape index (κ3) is 3.05. The maximum atomic E-state index is 11.0. The molecule has 0 N–H and O–H groups in total. The zero-order valence-electron chi connectivity index (χ0n) is 21.0. The Labute approximate surface area is 213 Å². The van der Waals surface area contributed by atoms with Crippen LogP contribution in [-0.4, -0.2) is 28.2 Å². The molecule has 4 aromatic rings. The van der Waals surface area contributed by atoms with Crippen LogP contribution >= 0.6 is 0 Å². The van der Waals surface area contributed by atoms with Gasteiger partial charge in [0, 0.05) is 39.6 Å². The molecule has 4 aromatic carbocycles. The molecule has 4 heteroatoms. The predicted molar refractivity (Wildman–Crippen MR) is 146 cm³/mol. The van der Waals surface area contributed by atoms with Crippen molar-refractivity contribution in [1.29, 1.82) is 10.5 Å². The molecule has 0 aliphatic heterocycles. The number of nitrogens with zero attached hydrogens (tertiary/aromatic N) is 4. The van der Waals surface area contributed by atoms with Crippen molar-refractivity contribution < 1.29 is 0 Å². The summed E-state index contributed by atoms with van der Waals surface area (Å²) in [6, 6.07) is 37.7. The van der Waals surface area contributed by atoms with Crippen LogP contribution in [0.15, 0.2) is 97.1 Å². The van der Waals surface area contributed by atoms with Gasteiger partial charge in [0.25, 0.3) is 0 Å². The number of hydrogen-bond acceptors (Lipinski definition) is 4. The Balaban J connectivity index is 1.97. The molecule has 176 valence electrons. The summed E-state index contributed by atoms with van der Waals surface area (Å²) >= 11 is 0. The average molecular weight is 469 g/mol. The van der Waals surface area contributed by atoms with E-state index in [0.29, 0.717) is 0 Å². The minimum atomic E-state index is -1.49. The van der Waals surface area contributed by atoms with E-state index in [1.54, 1.807) is 0 Å². The van der Waals surface area contributed by atoms with Gasteiger partial charge in [0.05, 0.1) is 17.6 Å². The second kappa shape index (κ2) is 8.59. The van der Waals surface area contributed by atoms with Crippen LogP contribution in [0.1, 0.15) is 22.3 Å². The smallest absolute Gasteiger partial charge is 0.186 e. The lowest BCUT2D eigenvalue weighted by Gasteiger charge is -2.49. The SMILES string of the molecule is CN(C)c1ccc(C2(c3ccc(N(C)C)cc3)c3ccccc3-c3ccccc3C2(C#N)C#N)cc1. The van der Waals surface area contributed by atoms with Crippen LogP contribution in [0.5, 0.6) is 0 Å². The van der Waals surface area contributed by atoms with Crippen molar-refractivity contribution in [3.63, 3.8) is 0 Å². The summed E-state index contributed by atoms with van der Waals surface area (Å²) in [6.07, 6.45) is 0. The monoisotopic (exact) mass is 468 g/mol. The van der Waals surface area contributed by atoms with Crippen molar-refractivity contribution in [3.8, 4) is 23.3 Å². The molecule has 0 spiro atoms. The fourth-order valence-electron chi connectivity index (χ4n) is 5.74. The van der Waals surface area contributed by atoms with Crippen molar-refractivity contribution >= 4 is 11.4 Å². The molecule has 0 saturated carbocycles. The van der Waals surface area contributed by atoms with Crippen LogP contribution in [0.3, 0.4) is 0 Å². The highest BCUT2D eigenvalue weighted by atomic mass is 15.1. The molecule has 0 unspecified atom stereocenters. The van der Waals surface area contributed by atoms with Crippen LogP contribution in [0.2, 0.25) is 0 Å². The van der Waals surface area contributed by atoms with Crippen molar-refractivity contribution in [2.24, 2.45) is 0 Å². The van der Waals surface area contributed by atoms with E-state index in [4.69, 9.17) is 0 Å². The normalized spacial score (nSPS) is 14.5. The molecule has 0 saturated heterocycles. The first kappa shape index (κ1) is 23.2. The van der Waals surface area contributed by atoms with E-state index in [-0.39, 0.29) is 0 Å². The number of fused-ring (bicyclic) bond motifs is 3. The zero-order valence-corrected chi connectivity index (χ0v) is 21.0. The first-order valence-corrected chi connectivity index (χ1v) is 12.0. The first-order valence-electron chi connectivity index (χ1n) is 12.0. The van der Waals surface area contributed by atoms with Gasteiger partial charge in [-0.1, -0.05) is 72.8 Å². The second-order valence-electron chi connectivity index (χ2n) is 9.70. The van der Waals surface area contributed by atoms with Gasteiger partial charge in [0.15, 0.2) is 5.41 Å². The van der Waals surface area contributed by atoms with Crippen molar-refractivity contribution in [2.75, 3.05) is 38.0 Å². The van der Waals surface area contributed by atoms with Crippen LogP contribution in [0.25, 0.3) is 11.1 Å². The number of rotatable bonds is 4.